The number of hydrogen-bond donors (Lipinski definition) is 0. The Morgan fingerprint density at radius 3 is 0.913 bits per heavy atom. The maximum atomic E-state index is 14.1. The number of para-hydroxylation sites is 4. The maximum absolute atomic E-state index is 14.1. The van der Waals surface area contributed by atoms with Crippen LogP contribution in [-0.4, -0.2) is 28.2 Å². The summed E-state index contributed by atoms with van der Waals surface area (Å²) in [6.45, 7) is 0. The molecule has 0 N–H and O–H groups in total. The number of nitrogens with zero attached hydrogens (tertiary/aromatic N) is 6. The highest BCUT2D eigenvalue weighted by Gasteiger charge is 2.19. The van der Waals surface area contributed by atoms with Crippen LogP contribution in [0.4, 0.5) is 0 Å². The van der Waals surface area contributed by atoms with Gasteiger partial charge in [0.25, 0.3) is 0 Å². The number of aromatic nitrogens is 6. The SMILES string of the molecule is O=c1n(-c2ccccc2)c(-c2ccc(-c3nc(=S)n(-c4ccccc4)c(=O)n3-c3ccccc3)cc2)nc(=S)n1-c1ccccc1. The second-order valence-electron chi connectivity index (χ2n) is 10.3. The van der Waals surface area contributed by atoms with Crippen LogP contribution in [0.25, 0.3) is 45.5 Å². The summed E-state index contributed by atoms with van der Waals surface area (Å²) in [5.41, 5.74) is 3.14. The van der Waals surface area contributed by atoms with Gasteiger partial charge in [0.2, 0.25) is 9.54 Å². The predicted octanol–water partition coefficient (Wildman–Crippen LogP) is 7.15. The van der Waals surface area contributed by atoms with E-state index in [4.69, 9.17) is 34.4 Å². The van der Waals surface area contributed by atoms with E-state index in [0.717, 1.165) is 0 Å². The zero-order valence-electron chi connectivity index (χ0n) is 24.2. The average molecular weight is 637 g/mol. The summed E-state index contributed by atoms with van der Waals surface area (Å²) in [6.07, 6.45) is 0. The van der Waals surface area contributed by atoms with Crippen LogP contribution in [0.15, 0.2) is 155 Å². The second kappa shape index (κ2) is 12.3. The second-order valence-corrected chi connectivity index (χ2v) is 11.0. The van der Waals surface area contributed by atoms with E-state index in [-0.39, 0.29) is 20.9 Å². The quantitative estimate of drug-likeness (QED) is 0.180. The monoisotopic (exact) mass is 636 g/mol. The predicted molar refractivity (Wildman–Crippen MR) is 184 cm³/mol. The van der Waals surface area contributed by atoms with Crippen molar-refractivity contribution in [3.05, 3.63) is 176 Å². The van der Waals surface area contributed by atoms with Crippen molar-refractivity contribution in [2.45, 2.75) is 0 Å². The minimum atomic E-state index is -0.347. The summed E-state index contributed by atoms with van der Waals surface area (Å²) in [5, 5.41) is 0. The Morgan fingerprint density at radius 1 is 0.370 bits per heavy atom. The third kappa shape index (κ3) is 5.25. The molecule has 2 aromatic heterocycles. The molecule has 7 aromatic rings. The molecule has 46 heavy (non-hydrogen) atoms. The highest BCUT2D eigenvalue weighted by molar-refractivity contribution is 7.71. The molecule has 0 aliphatic rings. The van der Waals surface area contributed by atoms with Crippen molar-refractivity contribution >= 4 is 24.4 Å². The van der Waals surface area contributed by atoms with Crippen LogP contribution in [0, 0.1) is 9.54 Å². The lowest BCUT2D eigenvalue weighted by atomic mass is 10.1. The molecule has 0 bridgehead atoms. The van der Waals surface area contributed by atoms with E-state index in [0.29, 0.717) is 45.5 Å². The molecule has 0 aliphatic carbocycles. The van der Waals surface area contributed by atoms with Crippen molar-refractivity contribution in [3.63, 3.8) is 0 Å². The largest absolute Gasteiger partial charge is 0.341 e. The summed E-state index contributed by atoms with van der Waals surface area (Å²) in [6, 6.07) is 44.3. The lowest BCUT2D eigenvalue weighted by Crippen LogP contribution is -2.32. The van der Waals surface area contributed by atoms with E-state index < -0.39 is 0 Å². The molecule has 0 saturated heterocycles. The van der Waals surface area contributed by atoms with Gasteiger partial charge in [-0.2, -0.15) is 0 Å². The average Bonchev–Trinajstić information content (AvgIpc) is 3.09. The van der Waals surface area contributed by atoms with Crippen LogP contribution < -0.4 is 11.4 Å². The normalized spacial score (nSPS) is 11.0. The Hall–Kier alpha value is -5.84. The minimum absolute atomic E-state index is 0.131. The van der Waals surface area contributed by atoms with Crippen LogP contribution >= 0.6 is 24.4 Å². The fourth-order valence-electron chi connectivity index (χ4n) is 5.30. The van der Waals surface area contributed by atoms with Crippen molar-refractivity contribution in [1.82, 2.24) is 28.2 Å². The molecular weight excluding hydrogens is 613 g/mol. The Kier molecular flexibility index (Phi) is 7.71. The van der Waals surface area contributed by atoms with E-state index >= 15 is 0 Å². The molecule has 5 aromatic carbocycles. The standard InChI is InChI=1S/C36H24N6O2S2/c43-35-39(27-13-5-1-6-14-27)31(37-33(45)41(35)29-17-9-3-10-18-29)25-21-23-26(24-22-25)32-38-34(46)42(30-19-11-4-12-20-30)36(44)40(32)28-15-7-2-8-16-28/h1-24H. The molecule has 0 saturated carbocycles. The number of hydrogen-bond acceptors (Lipinski definition) is 6. The summed E-state index contributed by atoms with van der Waals surface area (Å²) < 4.78 is 6.18. The Labute approximate surface area is 273 Å². The van der Waals surface area contributed by atoms with Gasteiger partial charge in [-0.05, 0) is 73.0 Å². The first-order valence-electron chi connectivity index (χ1n) is 14.4. The smallest absolute Gasteiger partial charge is 0.247 e. The zero-order chi connectivity index (χ0) is 31.6. The summed E-state index contributed by atoms with van der Waals surface area (Å²) in [4.78, 5) is 37.6. The number of rotatable bonds is 6. The minimum Gasteiger partial charge on any atom is -0.247 e. The Bertz CT molecular complexity index is 2250. The fraction of sp³-hybridized carbons (Fsp3) is 0. The lowest BCUT2D eigenvalue weighted by molar-refractivity contribution is 0.774. The van der Waals surface area contributed by atoms with Crippen LogP contribution in [-0.2, 0) is 0 Å². The van der Waals surface area contributed by atoms with Gasteiger partial charge in [0.05, 0.1) is 22.7 Å². The van der Waals surface area contributed by atoms with Crippen molar-refractivity contribution in [1.29, 1.82) is 0 Å². The van der Waals surface area contributed by atoms with Crippen LogP contribution in [0.3, 0.4) is 0 Å². The third-order valence-corrected chi connectivity index (χ3v) is 7.98. The highest BCUT2D eigenvalue weighted by atomic mass is 32.1. The molecule has 7 rings (SSSR count). The fourth-order valence-corrected chi connectivity index (χ4v) is 5.84. The molecular formula is C36H24N6O2S2. The molecule has 0 amide bonds. The molecule has 0 aliphatic heterocycles. The van der Waals surface area contributed by atoms with Gasteiger partial charge in [-0.3, -0.25) is 0 Å². The summed E-state index contributed by atoms with van der Waals surface area (Å²) in [7, 11) is 0. The van der Waals surface area contributed by atoms with Crippen molar-refractivity contribution in [2.24, 2.45) is 0 Å². The Morgan fingerprint density at radius 2 is 0.630 bits per heavy atom. The van der Waals surface area contributed by atoms with Gasteiger partial charge in [-0.1, -0.05) is 97.1 Å². The van der Waals surface area contributed by atoms with Crippen LogP contribution in [0.1, 0.15) is 0 Å². The first kappa shape index (κ1) is 28.9. The van der Waals surface area contributed by atoms with Crippen molar-refractivity contribution < 1.29 is 0 Å². The molecule has 2 heterocycles. The van der Waals surface area contributed by atoms with E-state index in [1.807, 2.05) is 146 Å². The highest BCUT2D eigenvalue weighted by Crippen LogP contribution is 2.26. The summed E-state index contributed by atoms with van der Waals surface area (Å²) >= 11 is 11.3. The van der Waals surface area contributed by atoms with Gasteiger partial charge in [-0.15, -0.1) is 0 Å². The molecule has 0 radical (unpaired) electrons. The van der Waals surface area contributed by atoms with Gasteiger partial charge in [0.1, 0.15) is 0 Å². The molecule has 0 atom stereocenters. The first-order chi connectivity index (χ1) is 22.5. The van der Waals surface area contributed by atoms with E-state index in [9.17, 15) is 9.59 Å². The third-order valence-electron chi connectivity index (χ3n) is 7.43. The molecule has 10 heteroatoms. The summed E-state index contributed by atoms with van der Waals surface area (Å²) in [5.74, 6) is 0.763. The molecule has 8 nitrogen and oxygen atoms in total. The zero-order valence-corrected chi connectivity index (χ0v) is 25.8. The van der Waals surface area contributed by atoms with E-state index in [1.165, 1.54) is 9.13 Å². The molecule has 0 fully saturated rings. The van der Waals surface area contributed by atoms with Gasteiger partial charge < -0.3 is 0 Å². The first-order valence-corrected chi connectivity index (χ1v) is 15.2. The van der Waals surface area contributed by atoms with Crippen LogP contribution in [0.5, 0.6) is 0 Å². The van der Waals surface area contributed by atoms with Crippen LogP contribution in [0.2, 0.25) is 0 Å². The molecule has 222 valence electrons. The molecule has 0 spiro atoms. The maximum Gasteiger partial charge on any atom is 0.341 e. The molecule has 0 unspecified atom stereocenters. The van der Waals surface area contributed by atoms with E-state index in [2.05, 4.69) is 0 Å². The van der Waals surface area contributed by atoms with Gasteiger partial charge in [0.15, 0.2) is 11.6 Å². The lowest BCUT2D eigenvalue weighted by Gasteiger charge is -2.17. The van der Waals surface area contributed by atoms with E-state index in [1.54, 1.807) is 9.13 Å². The van der Waals surface area contributed by atoms with Gasteiger partial charge >= 0.3 is 11.4 Å². The van der Waals surface area contributed by atoms with Crippen molar-refractivity contribution in [2.75, 3.05) is 0 Å². The van der Waals surface area contributed by atoms with Gasteiger partial charge in [-0.25, -0.2) is 37.8 Å². The Balaban J connectivity index is 1.41. The van der Waals surface area contributed by atoms with Crippen molar-refractivity contribution in [3.8, 4) is 45.5 Å². The topological polar surface area (TPSA) is 79.6 Å². The van der Waals surface area contributed by atoms with Gasteiger partial charge in [0, 0.05) is 11.1 Å². The number of benzene rings is 5.